The molecule has 0 heterocycles. The van der Waals surface area contributed by atoms with Gasteiger partial charge in [0.1, 0.15) is 0 Å². The number of rotatable bonds is 18. The Morgan fingerprint density at radius 2 is 0.917 bits per heavy atom. The Hall–Kier alpha value is -0.250. The average Bonchev–Trinajstić information content (AvgIpc) is 2.52. The second-order valence-electron chi connectivity index (χ2n) is 7.06. The summed E-state index contributed by atoms with van der Waals surface area (Å²) in [6, 6.07) is 0. The molecule has 0 saturated carbocycles. The molecule has 24 heavy (non-hydrogen) atoms. The van der Waals surface area contributed by atoms with Crippen LogP contribution in [0.4, 0.5) is 13.2 Å². The van der Waals surface area contributed by atoms with Gasteiger partial charge < -0.3 is 5.32 Å². The van der Waals surface area contributed by atoms with E-state index in [4.69, 9.17) is 0 Å². The highest BCUT2D eigenvalue weighted by atomic mass is 19.4. The smallest absolute Gasteiger partial charge is 0.317 e. The van der Waals surface area contributed by atoms with Gasteiger partial charge in [0.05, 0.1) is 0 Å². The molecule has 0 rings (SSSR count). The fourth-order valence-electron chi connectivity index (χ4n) is 2.97. The first-order valence-electron chi connectivity index (χ1n) is 10.3. The van der Waals surface area contributed by atoms with Crippen molar-refractivity contribution in [1.82, 2.24) is 5.32 Å². The lowest BCUT2D eigenvalue weighted by atomic mass is 10.1. The van der Waals surface area contributed by atoms with Gasteiger partial charge in [0.25, 0.3) is 0 Å². The van der Waals surface area contributed by atoms with Crippen LogP contribution >= 0.6 is 0 Å². The number of nitrogens with one attached hydrogen (secondary N) is 1. The lowest BCUT2D eigenvalue weighted by Gasteiger charge is -2.06. The van der Waals surface area contributed by atoms with Gasteiger partial charge in [-0.1, -0.05) is 84.0 Å². The van der Waals surface area contributed by atoms with Crippen molar-refractivity contribution in [3.05, 3.63) is 0 Å². The Labute approximate surface area is 148 Å². The first-order chi connectivity index (χ1) is 11.6. The van der Waals surface area contributed by atoms with Crippen LogP contribution in [0.5, 0.6) is 0 Å². The maximum Gasteiger partial charge on any atom is 0.389 e. The summed E-state index contributed by atoms with van der Waals surface area (Å²) in [5.74, 6) is 0. The van der Waals surface area contributed by atoms with Crippen molar-refractivity contribution in [2.75, 3.05) is 13.1 Å². The molecule has 0 fully saturated rings. The van der Waals surface area contributed by atoms with Crippen LogP contribution in [-0.4, -0.2) is 19.3 Å². The molecule has 0 unspecified atom stereocenters. The minimum atomic E-state index is -3.97. The highest BCUT2D eigenvalue weighted by Gasteiger charge is 2.25. The first kappa shape index (κ1) is 23.8. The number of halogens is 3. The normalized spacial score (nSPS) is 12.0. The molecular formula is C20H40F3N. The molecule has 1 N–H and O–H groups in total. The van der Waals surface area contributed by atoms with Crippen molar-refractivity contribution in [3.8, 4) is 0 Å². The molecule has 4 heteroatoms. The molecule has 0 aliphatic heterocycles. The molecule has 0 aromatic heterocycles. The Kier molecular flexibility index (Phi) is 17.4. The van der Waals surface area contributed by atoms with E-state index in [1.165, 1.54) is 64.2 Å². The zero-order valence-electron chi connectivity index (χ0n) is 15.9. The third-order valence-corrected chi connectivity index (χ3v) is 4.52. The number of hydrogen-bond acceptors (Lipinski definition) is 1. The van der Waals surface area contributed by atoms with Crippen LogP contribution in [0.25, 0.3) is 0 Å². The monoisotopic (exact) mass is 351 g/mol. The van der Waals surface area contributed by atoms with Crippen molar-refractivity contribution < 1.29 is 13.2 Å². The maximum atomic E-state index is 12.0. The van der Waals surface area contributed by atoms with Gasteiger partial charge in [0.15, 0.2) is 0 Å². The zero-order chi connectivity index (χ0) is 17.9. The number of alkyl halides is 3. The molecule has 0 aliphatic rings. The Morgan fingerprint density at radius 3 is 1.33 bits per heavy atom. The van der Waals surface area contributed by atoms with Crippen LogP contribution in [0.2, 0.25) is 0 Å². The molecule has 0 aromatic carbocycles. The average molecular weight is 352 g/mol. The van der Waals surface area contributed by atoms with Gasteiger partial charge in [0, 0.05) is 6.42 Å². The largest absolute Gasteiger partial charge is 0.389 e. The summed E-state index contributed by atoms with van der Waals surface area (Å²) in [6.07, 6.45) is 12.9. The summed E-state index contributed by atoms with van der Waals surface area (Å²) in [5.41, 5.74) is 0. The standard InChI is InChI=1S/C20H40F3N/c1-2-3-4-5-6-9-12-15-18-24-19-16-13-10-7-8-11-14-17-20(21,22)23/h24H,2-19H2,1H3. The van der Waals surface area contributed by atoms with E-state index < -0.39 is 12.6 Å². The lowest BCUT2D eigenvalue weighted by molar-refractivity contribution is -0.135. The first-order valence-corrected chi connectivity index (χ1v) is 10.3. The zero-order valence-corrected chi connectivity index (χ0v) is 15.9. The highest BCUT2D eigenvalue weighted by Crippen LogP contribution is 2.23. The third kappa shape index (κ3) is 21.8. The van der Waals surface area contributed by atoms with E-state index in [1.54, 1.807) is 0 Å². The van der Waals surface area contributed by atoms with Gasteiger partial charge in [0.2, 0.25) is 0 Å². The van der Waals surface area contributed by atoms with E-state index in [1.807, 2.05) is 0 Å². The summed E-state index contributed by atoms with van der Waals surface area (Å²) in [4.78, 5) is 0. The van der Waals surface area contributed by atoms with Gasteiger partial charge in [-0.25, -0.2) is 0 Å². The van der Waals surface area contributed by atoms with Crippen molar-refractivity contribution >= 4 is 0 Å². The van der Waals surface area contributed by atoms with Crippen LogP contribution in [-0.2, 0) is 0 Å². The summed E-state index contributed by atoms with van der Waals surface area (Å²) < 4.78 is 35.9. The summed E-state index contributed by atoms with van der Waals surface area (Å²) >= 11 is 0. The SMILES string of the molecule is CCCCCCCCCCNCCCCCCCCCC(F)(F)F. The summed E-state index contributed by atoms with van der Waals surface area (Å²) in [7, 11) is 0. The predicted molar refractivity (Wildman–Crippen MR) is 98.5 cm³/mol. The third-order valence-electron chi connectivity index (χ3n) is 4.52. The molecule has 0 aliphatic carbocycles. The van der Waals surface area contributed by atoms with E-state index in [9.17, 15) is 13.2 Å². The molecule has 0 atom stereocenters. The number of unbranched alkanes of at least 4 members (excludes halogenated alkanes) is 13. The van der Waals surface area contributed by atoms with E-state index in [-0.39, 0.29) is 0 Å². The van der Waals surface area contributed by atoms with Crippen molar-refractivity contribution in [2.24, 2.45) is 0 Å². The van der Waals surface area contributed by atoms with Crippen LogP contribution in [0.15, 0.2) is 0 Å². The quantitative estimate of drug-likeness (QED) is 0.254. The van der Waals surface area contributed by atoms with Crippen LogP contribution in [0, 0.1) is 0 Å². The van der Waals surface area contributed by atoms with Gasteiger partial charge in [-0.15, -0.1) is 0 Å². The van der Waals surface area contributed by atoms with E-state index >= 15 is 0 Å². The fraction of sp³-hybridized carbons (Fsp3) is 1.00. The Morgan fingerprint density at radius 1 is 0.542 bits per heavy atom. The van der Waals surface area contributed by atoms with Crippen LogP contribution in [0.3, 0.4) is 0 Å². The molecule has 0 bridgehead atoms. The van der Waals surface area contributed by atoms with Gasteiger partial charge in [-0.3, -0.25) is 0 Å². The molecule has 0 amide bonds. The molecular weight excluding hydrogens is 311 g/mol. The van der Waals surface area contributed by atoms with E-state index in [2.05, 4.69) is 12.2 Å². The van der Waals surface area contributed by atoms with Gasteiger partial charge in [-0.2, -0.15) is 13.2 Å². The van der Waals surface area contributed by atoms with E-state index in [0.717, 1.165) is 38.8 Å². The Balaban J connectivity index is 3.00. The van der Waals surface area contributed by atoms with Gasteiger partial charge in [-0.05, 0) is 32.4 Å². The highest BCUT2D eigenvalue weighted by molar-refractivity contribution is 4.54. The molecule has 146 valence electrons. The minimum absolute atomic E-state index is 0.295. The van der Waals surface area contributed by atoms with Crippen LogP contribution < -0.4 is 5.32 Å². The maximum absolute atomic E-state index is 12.0. The van der Waals surface area contributed by atoms with Crippen LogP contribution in [0.1, 0.15) is 110 Å². The molecule has 0 aromatic rings. The molecule has 1 nitrogen and oxygen atoms in total. The summed E-state index contributed by atoms with van der Waals surface area (Å²) in [6.45, 7) is 4.47. The lowest BCUT2D eigenvalue weighted by Crippen LogP contribution is -2.16. The minimum Gasteiger partial charge on any atom is -0.317 e. The van der Waals surface area contributed by atoms with Crippen molar-refractivity contribution in [1.29, 1.82) is 0 Å². The second kappa shape index (κ2) is 17.6. The summed E-state index contributed by atoms with van der Waals surface area (Å²) in [5, 5.41) is 3.50. The molecule has 0 spiro atoms. The topological polar surface area (TPSA) is 12.0 Å². The van der Waals surface area contributed by atoms with Crippen molar-refractivity contribution in [2.45, 2.75) is 116 Å². The van der Waals surface area contributed by atoms with Gasteiger partial charge >= 0.3 is 6.18 Å². The molecule has 0 radical (unpaired) electrons. The Bertz CT molecular complexity index is 242. The van der Waals surface area contributed by atoms with Crippen molar-refractivity contribution in [3.63, 3.8) is 0 Å². The number of hydrogen-bond donors (Lipinski definition) is 1. The second-order valence-corrected chi connectivity index (χ2v) is 7.06. The molecule has 0 saturated heterocycles. The fourth-order valence-corrected chi connectivity index (χ4v) is 2.97. The van der Waals surface area contributed by atoms with E-state index in [0.29, 0.717) is 6.42 Å². The predicted octanol–water partition coefficient (Wildman–Crippen LogP) is 7.40.